The lowest BCUT2D eigenvalue weighted by Crippen LogP contribution is -2.43. The number of morpholine rings is 1. The van der Waals surface area contributed by atoms with Gasteiger partial charge in [0.1, 0.15) is 0 Å². The molecule has 0 spiro atoms. The first kappa shape index (κ1) is 11.7. The van der Waals surface area contributed by atoms with Crippen molar-refractivity contribution in [2.75, 3.05) is 31.1 Å². The van der Waals surface area contributed by atoms with E-state index in [-0.39, 0.29) is 6.10 Å². The van der Waals surface area contributed by atoms with E-state index in [9.17, 15) is 0 Å². The lowest BCUT2D eigenvalue weighted by Gasteiger charge is -2.34. The van der Waals surface area contributed by atoms with E-state index < -0.39 is 0 Å². The van der Waals surface area contributed by atoms with Gasteiger partial charge in [-0.05, 0) is 37.2 Å². The van der Waals surface area contributed by atoms with E-state index in [1.165, 1.54) is 5.69 Å². The van der Waals surface area contributed by atoms with Gasteiger partial charge in [0.25, 0.3) is 0 Å². The van der Waals surface area contributed by atoms with Crippen LogP contribution in [0, 0.1) is 0 Å². The molecule has 0 radical (unpaired) electrons. The highest BCUT2D eigenvalue weighted by Crippen LogP contribution is 2.20. The molecule has 1 aliphatic heterocycles. The number of hydrogen-bond donors (Lipinski definition) is 1. The smallest absolute Gasteiger partial charge is 0.0762 e. The Morgan fingerprint density at radius 2 is 2.12 bits per heavy atom. The van der Waals surface area contributed by atoms with Crippen LogP contribution in [-0.4, -0.2) is 32.3 Å². The largest absolute Gasteiger partial charge is 0.374 e. The van der Waals surface area contributed by atoms with Gasteiger partial charge in [-0.25, -0.2) is 0 Å². The first-order valence-corrected chi connectivity index (χ1v) is 5.99. The van der Waals surface area contributed by atoms with Crippen molar-refractivity contribution in [3.63, 3.8) is 0 Å². The normalized spacial score (nSPS) is 21.1. The van der Waals surface area contributed by atoms with Gasteiger partial charge in [-0.3, -0.25) is 0 Å². The third kappa shape index (κ3) is 2.88. The van der Waals surface area contributed by atoms with Crippen LogP contribution in [0.2, 0.25) is 5.02 Å². The van der Waals surface area contributed by atoms with Crippen LogP contribution in [0.5, 0.6) is 0 Å². The second-order valence-corrected chi connectivity index (χ2v) is 4.43. The molecular weight excluding hydrogens is 224 g/mol. The first-order valence-electron chi connectivity index (χ1n) is 5.62. The maximum atomic E-state index is 5.87. The van der Waals surface area contributed by atoms with Crippen molar-refractivity contribution in [3.05, 3.63) is 29.3 Å². The second kappa shape index (κ2) is 5.53. The fraction of sp³-hybridized carbons (Fsp3) is 0.500. The molecule has 2 N–H and O–H groups in total. The van der Waals surface area contributed by atoms with Gasteiger partial charge in [0.05, 0.1) is 12.7 Å². The van der Waals surface area contributed by atoms with Crippen molar-refractivity contribution in [1.29, 1.82) is 0 Å². The van der Waals surface area contributed by atoms with Crippen LogP contribution in [-0.2, 0) is 4.74 Å². The van der Waals surface area contributed by atoms with E-state index in [1.807, 2.05) is 24.3 Å². The monoisotopic (exact) mass is 240 g/mol. The first-order chi connectivity index (χ1) is 7.79. The minimum atomic E-state index is 0.259. The molecule has 1 unspecified atom stereocenters. The highest BCUT2D eigenvalue weighted by atomic mass is 35.5. The standard InChI is InChI=1S/C12H17ClN2O/c13-10-1-3-11(4-2-10)15-7-8-16-12(9-15)5-6-14/h1-4,12H,5-9,14H2. The lowest BCUT2D eigenvalue weighted by atomic mass is 10.2. The molecule has 0 aromatic heterocycles. The zero-order valence-electron chi connectivity index (χ0n) is 9.23. The molecule has 3 nitrogen and oxygen atoms in total. The number of benzene rings is 1. The third-order valence-corrected chi connectivity index (χ3v) is 3.07. The van der Waals surface area contributed by atoms with Gasteiger partial charge in [0, 0.05) is 23.8 Å². The zero-order valence-corrected chi connectivity index (χ0v) is 9.99. The molecule has 1 heterocycles. The van der Waals surface area contributed by atoms with Crippen molar-refractivity contribution >= 4 is 17.3 Å². The van der Waals surface area contributed by atoms with E-state index in [2.05, 4.69) is 4.90 Å². The van der Waals surface area contributed by atoms with Crippen LogP contribution >= 0.6 is 11.6 Å². The summed E-state index contributed by atoms with van der Waals surface area (Å²) in [7, 11) is 0. The molecule has 88 valence electrons. The summed E-state index contributed by atoms with van der Waals surface area (Å²) in [6.07, 6.45) is 1.18. The maximum Gasteiger partial charge on any atom is 0.0762 e. The number of ether oxygens (including phenoxy) is 1. The van der Waals surface area contributed by atoms with Crippen LogP contribution in [0.3, 0.4) is 0 Å². The Hall–Kier alpha value is -0.770. The average Bonchev–Trinajstić information content (AvgIpc) is 2.31. The molecule has 2 rings (SSSR count). The Morgan fingerprint density at radius 1 is 1.38 bits per heavy atom. The van der Waals surface area contributed by atoms with Gasteiger partial charge in [-0.2, -0.15) is 0 Å². The van der Waals surface area contributed by atoms with E-state index in [4.69, 9.17) is 22.1 Å². The Kier molecular flexibility index (Phi) is 4.04. The fourth-order valence-electron chi connectivity index (χ4n) is 1.97. The van der Waals surface area contributed by atoms with Crippen molar-refractivity contribution in [2.24, 2.45) is 5.73 Å². The van der Waals surface area contributed by atoms with Gasteiger partial charge >= 0.3 is 0 Å². The van der Waals surface area contributed by atoms with E-state index >= 15 is 0 Å². The van der Waals surface area contributed by atoms with Crippen LogP contribution < -0.4 is 10.6 Å². The Balaban J connectivity index is 2.01. The van der Waals surface area contributed by atoms with Crippen LogP contribution in [0.15, 0.2) is 24.3 Å². The highest BCUT2D eigenvalue weighted by molar-refractivity contribution is 6.30. The summed E-state index contributed by atoms with van der Waals surface area (Å²) < 4.78 is 5.65. The van der Waals surface area contributed by atoms with Gasteiger partial charge < -0.3 is 15.4 Å². The Morgan fingerprint density at radius 3 is 2.81 bits per heavy atom. The summed E-state index contributed by atoms with van der Waals surface area (Å²) in [4.78, 5) is 2.32. The number of nitrogens with zero attached hydrogens (tertiary/aromatic N) is 1. The predicted octanol–water partition coefficient (Wildman–Crippen LogP) is 1.89. The van der Waals surface area contributed by atoms with Crippen molar-refractivity contribution < 1.29 is 4.74 Å². The van der Waals surface area contributed by atoms with Gasteiger partial charge in [0.2, 0.25) is 0 Å². The maximum absolute atomic E-state index is 5.87. The van der Waals surface area contributed by atoms with Crippen LogP contribution in [0.1, 0.15) is 6.42 Å². The molecule has 0 aliphatic carbocycles. The number of anilines is 1. The fourth-order valence-corrected chi connectivity index (χ4v) is 2.09. The highest BCUT2D eigenvalue weighted by Gasteiger charge is 2.19. The van der Waals surface area contributed by atoms with Crippen molar-refractivity contribution in [1.82, 2.24) is 0 Å². The molecule has 1 atom stereocenters. The van der Waals surface area contributed by atoms with Gasteiger partial charge in [0.15, 0.2) is 0 Å². The molecule has 0 saturated carbocycles. The summed E-state index contributed by atoms with van der Waals surface area (Å²) >= 11 is 5.87. The van der Waals surface area contributed by atoms with Crippen LogP contribution in [0.4, 0.5) is 5.69 Å². The average molecular weight is 241 g/mol. The van der Waals surface area contributed by atoms with Gasteiger partial charge in [-0.15, -0.1) is 0 Å². The second-order valence-electron chi connectivity index (χ2n) is 3.99. The third-order valence-electron chi connectivity index (χ3n) is 2.82. The Labute approximate surface area is 101 Å². The number of nitrogens with two attached hydrogens (primary N) is 1. The summed E-state index contributed by atoms with van der Waals surface area (Å²) in [6, 6.07) is 7.94. The topological polar surface area (TPSA) is 38.5 Å². The van der Waals surface area contributed by atoms with E-state index in [0.717, 1.165) is 31.1 Å². The molecule has 1 aliphatic rings. The molecule has 1 aromatic rings. The van der Waals surface area contributed by atoms with E-state index in [1.54, 1.807) is 0 Å². The molecule has 16 heavy (non-hydrogen) atoms. The van der Waals surface area contributed by atoms with Gasteiger partial charge in [-0.1, -0.05) is 11.6 Å². The lowest BCUT2D eigenvalue weighted by molar-refractivity contribution is 0.0369. The summed E-state index contributed by atoms with van der Waals surface area (Å²) in [5.41, 5.74) is 6.75. The summed E-state index contributed by atoms with van der Waals surface area (Å²) in [6.45, 7) is 3.30. The van der Waals surface area contributed by atoms with Crippen LogP contribution in [0.25, 0.3) is 0 Å². The quantitative estimate of drug-likeness (QED) is 0.877. The summed E-state index contributed by atoms with van der Waals surface area (Å²) in [5, 5.41) is 0.774. The summed E-state index contributed by atoms with van der Waals surface area (Å²) in [5.74, 6) is 0. The van der Waals surface area contributed by atoms with E-state index in [0.29, 0.717) is 6.54 Å². The Bertz CT molecular complexity index is 326. The minimum Gasteiger partial charge on any atom is -0.374 e. The molecule has 0 amide bonds. The van der Waals surface area contributed by atoms with Crippen molar-refractivity contribution in [3.8, 4) is 0 Å². The minimum absolute atomic E-state index is 0.259. The number of halogens is 1. The molecule has 4 heteroatoms. The predicted molar refractivity (Wildman–Crippen MR) is 67.1 cm³/mol. The number of hydrogen-bond acceptors (Lipinski definition) is 3. The SMILES string of the molecule is NCCC1CN(c2ccc(Cl)cc2)CCO1. The number of rotatable bonds is 3. The molecule has 0 bridgehead atoms. The molecule has 1 saturated heterocycles. The zero-order chi connectivity index (χ0) is 11.4. The molecular formula is C12H17ClN2O. The van der Waals surface area contributed by atoms with Crippen molar-refractivity contribution in [2.45, 2.75) is 12.5 Å². The molecule has 1 fully saturated rings. The molecule has 1 aromatic carbocycles.